The van der Waals surface area contributed by atoms with Crippen molar-refractivity contribution < 1.29 is 56.2 Å². The van der Waals surface area contributed by atoms with E-state index in [0.717, 1.165) is 0 Å². The fourth-order valence-electron chi connectivity index (χ4n) is 0.193. The van der Waals surface area contributed by atoms with E-state index in [9.17, 15) is 4.79 Å². The Hall–Kier alpha value is 0.586. The number of rotatable bonds is 2. The molecule has 0 aromatic carbocycles. The average Bonchev–Trinajstić information content (AvgIpc) is 1.67. The van der Waals surface area contributed by atoms with Gasteiger partial charge in [-0.3, -0.25) is 0 Å². The van der Waals surface area contributed by atoms with Crippen LogP contribution in [0.15, 0.2) is 24.9 Å². The molecule has 0 unspecified atom stereocenters. The van der Waals surface area contributed by atoms with Crippen LogP contribution in [-0.4, -0.2) is 5.91 Å². The number of amides is 1. The molecule has 0 saturated heterocycles. The van der Waals surface area contributed by atoms with Crippen LogP contribution in [0.5, 0.6) is 0 Å². The fraction of sp³-hybridized carbons (Fsp3) is 0.167. The van der Waals surface area contributed by atoms with Gasteiger partial charge in [0.05, 0.1) is 5.91 Å². The van der Waals surface area contributed by atoms with Gasteiger partial charge in [-0.25, -0.2) is 0 Å². The first-order valence-corrected chi connectivity index (χ1v) is 2.20. The van der Waals surface area contributed by atoms with E-state index in [2.05, 4.69) is 18.5 Å². The second-order valence-electron chi connectivity index (χ2n) is 1.40. The minimum absolute atomic E-state index is 0. The molecule has 44 valence electrons. The number of hydrogen-bond donors (Lipinski definition) is 0. The molecule has 0 aromatic heterocycles. The molecule has 0 aliphatic rings. The first kappa shape index (κ1) is 12.3. The van der Waals surface area contributed by atoms with Gasteiger partial charge < -0.3 is 10.1 Å². The molecule has 1 amide bonds. The van der Waals surface area contributed by atoms with Gasteiger partial charge in [0.1, 0.15) is 0 Å². The zero-order valence-electron chi connectivity index (χ0n) is 5.85. The summed E-state index contributed by atoms with van der Waals surface area (Å²) in [7, 11) is 0. The molecule has 3 heteroatoms. The summed E-state index contributed by atoms with van der Waals surface area (Å²) in [6.45, 7) is 8.24. The van der Waals surface area contributed by atoms with Gasteiger partial charge in [0, 0.05) is 0 Å². The molecule has 9 heavy (non-hydrogen) atoms. The van der Waals surface area contributed by atoms with E-state index in [1.807, 2.05) is 0 Å². The van der Waals surface area contributed by atoms with Crippen LogP contribution in [0.3, 0.4) is 0 Å². The zero-order chi connectivity index (χ0) is 6.57. The maximum Gasteiger partial charge on any atom is 1.00 e. The van der Waals surface area contributed by atoms with Gasteiger partial charge in [-0.05, 0) is 12.5 Å². The van der Waals surface area contributed by atoms with E-state index in [1.54, 1.807) is 6.92 Å². The summed E-state index contributed by atoms with van der Waals surface area (Å²) in [4.78, 5) is 10.4. The Kier molecular flexibility index (Phi) is 9.15. The molecule has 0 spiro atoms. The Morgan fingerprint density at radius 2 is 2.11 bits per heavy atom. The van der Waals surface area contributed by atoms with Crippen molar-refractivity contribution >= 4 is 5.91 Å². The van der Waals surface area contributed by atoms with Gasteiger partial charge in [0.15, 0.2) is 0 Å². The predicted octanol–water partition coefficient (Wildman–Crippen LogP) is -1.39. The van der Waals surface area contributed by atoms with Gasteiger partial charge in [0.2, 0.25) is 0 Å². The monoisotopic (exact) mass is 149 g/mol. The minimum Gasteiger partial charge on any atom is -0.630 e. The van der Waals surface area contributed by atoms with Crippen molar-refractivity contribution in [3.63, 3.8) is 0 Å². The molecule has 0 heterocycles. The molecule has 0 fully saturated rings. The SMILES string of the molecule is C=C[N-]C(=O)C(=C)C.[K+]. The summed E-state index contributed by atoms with van der Waals surface area (Å²) < 4.78 is 0. The maximum atomic E-state index is 10.4. The van der Waals surface area contributed by atoms with Crippen LogP contribution in [0, 0.1) is 0 Å². The summed E-state index contributed by atoms with van der Waals surface area (Å²) >= 11 is 0. The van der Waals surface area contributed by atoms with Crippen LogP contribution in [0.4, 0.5) is 0 Å². The number of nitrogens with zero attached hydrogens (tertiary/aromatic N) is 1. The topological polar surface area (TPSA) is 31.2 Å². The third-order valence-corrected chi connectivity index (χ3v) is 0.574. The van der Waals surface area contributed by atoms with E-state index in [0.29, 0.717) is 5.57 Å². The summed E-state index contributed by atoms with van der Waals surface area (Å²) in [6, 6.07) is 0. The first-order valence-electron chi connectivity index (χ1n) is 2.20. The third kappa shape index (κ3) is 6.47. The summed E-state index contributed by atoms with van der Waals surface area (Å²) in [5.74, 6) is -0.306. The molecule has 0 bridgehead atoms. The minimum atomic E-state index is -0.306. The van der Waals surface area contributed by atoms with Crippen molar-refractivity contribution in [2.75, 3.05) is 0 Å². The second-order valence-corrected chi connectivity index (χ2v) is 1.40. The van der Waals surface area contributed by atoms with Crippen LogP contribution < -0.4 is 51.4 Å². The molecule has 0 atom stereocenters. The fourth-order valence-corrected chi connectivity index (χ4v) is 0.193. The van der Waals surface area contributed by atoms with Crippen molar-refractivity contribution in [1.29, 1.82) is 0 Å². The molecule has 0 aliphatic carbocycles. The van der Waals surface area contributed by atoms with Crippen LogP contribution >= 0.6 is 0 Å². The molecule has 0 saturated carbocycles. The van der Waals surface area contributed by atoms with Crippen LogP contribution in [0.1, 0.15) is 6.92 Å². The van der Waals surface area contributed by atoms with Gasteiger partial charge in [-0.1, -0.05) is 6.58 Å². The normalized spacial score (nSPS) is 6.78. The van der Waals surface area contributed by atoms with Crippen LogP contribution in [0.2, 0.25) is 0 Å². The largest absolute Gasteiger partial charge is 1.00 e. The summed E-state index contributed by atoms with van der Waals surface area (Å²) in [5.41, 5.74) is 0.435. The van der Waals surface area contributed by atoms with Gasteiger partial charge in [0.25, 0.3) is 0 Å². The Bertz CT molecular complexity index is 131. The molecular formula is C6H8KNO. The van der Waals surface area contributed by atoms with E-state index in [4.69, 9.17) is 0 Å². The van der Waals surface area contributed by atoms with Gasteiger partial charge in [-0.2, -0.15) is 6.20 Å². The Morgan fingerprint density at radius 3 is 2.22 bits per heavy atom. The van der Waals surface area contributed by atoms with E-state index < -0.39 is 0 Å². The Balaban J connectivity index is 0. The van der Waals surface area contributed by atoms with Crippen molar-refractivity contribution in [3.05, 3.63) is 30.2 Å². The molecular weight excluding hydrogens is 141 g/mol. The first-order chi connectivity index (χ1) is 3.68. The zero-order valence-corrected chi connectivity index (χ0v) is 8.97. The average molecular weight is 149 g/mol. The maximum absolute atomic E-state index is 10.4. The molecule has 0 rings (SSSR count). The van der Waals surface area contributed by atoms with E-state index in [1.165, 1.54) is 6.20 Å². The molecule has 0 N–H and O–H groups in total. The van der Waals surface area contributed by atoms with Crippen molar-refractivity contribution in [2.45, 2.75) is 6.92 Å². The van der Waals surface area contributed by atoms with Crippen molar-refractivity contribution in [2.24, 2.45) is 0 Å². The summed E-state index contributed by atoms with van der Waals surface area (Å²) in [6.07, 6.45) is 1.21. The van der Waals surface area contributed by atoms with E-state index >= 15 is 0 Å². The second kappa shape index (κ2) is 6.70. The van der Waals surface area contributed by atoms with Crippen LogP contribution in [0.25, 0.3) is 5.32 Å². The standard InChI is InChI=1S/C6H9NO.K/c1-4-7-6(8)5(2)3;/h4H,1-2H2,3H3,(H,7,8);/q;+1/p-1. The van der Waals surface area contributed by atoms with Gasteiger partial charge in [-0.15, -0.1) is 6.58 Å². The number of carbonyl (C=O) groups excluding carboxylic acids is 1. The van der Waals surface area contributed by atoms with E-state index in [-0.39, 0.29) is 57.3 Å². The quantitative estimate of drug-likeness (QED) is 0.351. The third-order valence-electron chi connectivity index (χ3n) is 0.574. The Labute approximate surface area is 97.8 Å². The van der Waals surface area contributed by atoms with Crippen molar-refractivity contribution in [3.8, 4) is 0 Å². The van der Waals surface area contributed by atoms with Gasteiger partial charge >= 0.3 is 51.4 Å². The predicted molar refractivity (Wildman–Crippen MR) is 33.4 cm³/mol. The van der Waals surface area contributed by atoms with Crippen molar-refractivity contribution in [1.82, 2.24) is 0 Å². The Morgan fingerprint density at radius 1 is 1.67 bits per heavy atom. The molecule has 2 nitrogen and oxygen atoms in total. The molecule has 0 aliphatic heterocycles. The number of carbonyl (C=O) groups is 1. The number of hydrogen-bond acceptors (Lipinski definition) is 1. The molecule has 0 radical (unpaired) electrons. The molecule has 0 aromatic rings. The summed E-state index contributed by atoms with van der Waals surface area (Å²) in [5, 5.41) is 3.35. The van der Waals surface area contributed by atoms with Crippen LogP contribution in [-0.2, 0) is 4.79 Å². The smallest absolute Gasteiger partial charge is 0.630 e.